The molecule has 2 aliphatic heterocycles. The highest BCUT2D eigenvalue weighted by Gasteiger charge is 2.37. The van der Waals surface area contributed by atoms with Gasteiger partial charge in [0.2, 0.25) is 10.0 Å². The molecule has 7 heteroatoms. The summed E-state index contributed by atoms with van der Waals surface area (Å²) >= 11 is 0. The average molecular weight is 333 g/mol. The first-order chi connectivity index (χ1) is 9.61. The molecule has 0 radical (unpaired) electrons. The zero-order chi connectivity index (χ0) is 14.2. The fourth-order valence-electron chi connectivity index (χ4n) is 3.13. The monoisotopic (exact) mass is 332 g/mol. The number of rotatable bonds is 3. The summed E-state index contributed by atoms with van der Waals surface area (Å²) in [7, 11) is -1.80. The summed E-state index contributed by atoms with van der Waals surface area (Å²) in [5, 5.41) is 3.45. The Labute approximate surface area is 132 Å². The molecule has 21 heavy (non-hydrogen) atoms. The van der Waals surface area contributed by atoms with Gasteiger partial charge in [0.15, 0.2) is 0 Å². The van der Waals surface area contributed by atoms with Crippen molar-refractivity contribution >= 4 is 22.4 Å². The van der Waals surface area contributed by atoms with Crippen molar-refractivity contribution in [2.75, 3.05) is 26.7 Å². The molecule has 0 spiro atoms. The smallest absolute Gasteiger partial charge is 0.243 e. The normalized spacial score (nSPS) is 26.0. The minimum Gasteiger partial charge on any atom is -0.497 e. The summed E-state index contributed by atoms with van der Waals surface area (Å²) < 4.78 is 32.0. The van der Waals surface area contributed by atoms with Gasteiger partial charge in [-0.1, -0.05) is 0 Å². The van der Waals surface area contributed by atoms with E-state index in [9.17, 15) is 8.42 Å². The van der Waals surface area contributed by atoms with Gasteiger partial charge in [0.05, 0.1) is 12.0 Å². The summed E-state index contributed by atoms with van der Waals surface area (Å²) in [4.78, 5) is 0.350. The highest BCUT2D eigenvalue weighted by molar-refractivity contribution is 7.89. The van der Waals surface area contributed by atoms with Crippen LogP contribution in [0.5, 0.6) is 5.75 Å². The van der Waals surface area contributed by atoms with Gasteiger partial charge in [0.25, 0.3) is 0 Å². The number of nitrogens with zero attached hydrogens (tertiary/aromatic N) is 1. The second-order valence-corrected chi connectivity index (χ2v) is 7.37. The minimum absolute atomic E-state index is 0. The number of benzene rings is 1. The molecule has 2 fully saturated rings. The molecule has 3 rings (SSSR count). The number of fused-ring (bicyclic) bond motifs is 1. The van der Waals surface area contributed by atoms with Gasteiger partial charge in [-0.2, -0.15) is 4.31 Å². The van der Waals surface area contributed by atoms with Crippen LogP contribution in [0.15, 0.2) is 29.2 Å². The lowest BCUT2D eigenvalue weighted by Crippen LogP contribution is -2.46. The first kappa shape index (κ1) is 16.5. The van der Waals surface area contributed by atoms with Crippen molar-refractivity contribution in [1.82, 2.24) is 9.62 Å². The Morgan fingerprint density at radius 2 is 1.95 bits per heavy atom. The van der Waals surface area contributed by atoms with Crippen molar-refractivity contribution in [2.45, 2.75) is 23.8 Å². The lowest BCUT2D eigenvalue weighted by molar-refractivity contribution is 0.247. The summed E-state index contributed by atoms with van der Waals surface area (Å²) in [5.41, 5.74) is 0. The quantitative estimate of drug-likeness (QED) is 0.911. The molecule has 0 saturated carbocycles. The van der Waals surface area contributed by atoms with E-state index in [1.165, 1.54) is 0 Å². The number of ether oxygens (including phenoxy) is 1. The molecule has 0 bridgehead atoms. The van der Waals surface area contributed by atoms with E-state index in [-0.39, 0.29) is 12.4 Å². The summed E-state index contributed by atoms with van der Waals surface area (Å²) in [5.74, 6) is 1.12. The first-order valence-corrected chi connectivity index (χ1v) is 8.43. The number of sulfonamides is 1. The average Bonchev–Trinajstić information content (AvgIpc) is 2.94. The largest absolute Gasteiger partial charge is 0.497 e. The Morgan fingerprint density at radius 3 is 2.62 bits per heavy atom. The Bertz CT molecular complexity index is 576. The van der Waals surface area contributed by atoms with Gasteiger partial charge in [-0.3, -0.25) is 0 Å². The zero-order valence-corrected chi connectivity index (χ0v) is 13.6. The fraction of sp³-hybridized carbons (Fsp3) is 0.571. The van der Waals surface area contributed by atoms with Crippen LogP contribution in [-0.4, -0.2) is 45.5 Å². The Hall–Kier alpha value is -0.820. The van der Waals surface area contributed by atoms with Crippen LogP contribution in [0.2, 0.25) is 0 Å². The predicted molar refractivity (Wildman–Crippen MR) is 83.5 cm³/mol. The van der Waals surface area contributed by atoms with E-state index >= 15 is 0 Å². The van der Waals surface area contributed by atoms with E-state index in [0.717, 1.165) is 19.4 Å². The summed E-state index contributed by atoms with van der Waals surface area (Å²) in [6, 6.07) is 7.12. The molecule has 0 aromatic heterocycles. The van der Waals surface area contributed by atoms with Crippen LogP contribution in [0.3, 0.4) is 0 Å². The van der Waals surface area contributed by atoms with Gasteiger partial charge in [-0.15, -0.1) is 12.4 Å². The van der Waals surface area contributed by atoms with E-state index < -0.39 is 10.0 Å². The summed E-state index contributed by atoms with van der Waals surface area (Å²) in [6.07, 6.45) is 1.97. The standard InChI is InChI=1S/C14H20N2O3S.ClH/c1-19-12-2-4-13(5-3-12)20(17,18)16-9-7-14-11(10-16)6-8-15-14;/h2-5,11,14-15H,6-10H2,1H3;1H. The SMILES string of the molecule is COc1ccc(S(=O)(=O)N2CCC3NCCC3C2)cc1.Cl. The molecule has 1 N–H and O–H groups in total. The van der Waals surface area contributed by atoms with Crippen molar-refractivity contribution in [2.24, 2.45) is 5.92 Å². The number of nitrogens with one attached hydrogen (secondary N) is 1. The van der Waals surface area contributed by atoms with Crippen LogP contribution in [0.1, 0.15) is 12.8 Å². The van der Waals surface area contributed by atoms with Crippen LogP contribution < -0.4 is 10.1 Å². The number of halogens is 1. The third-order valence-electron chi connectivity index (χ3n) is 4.32. The first-order valence-electron chi connectivity index (χ1n) is 6.99. The van der Waals surface area contributed by atoms with Crippen molar-refractivity contribution in [1.29, 1.82) is 0 Å². The molecule has 0 aliphatic carbocycles. The van der Waals surface area contributed by atoms with E-state index in [4.69, 9.17) is 4.74 Å². The van der Waals surface area contributed by atoms with Gasteiger partial charge >= 0.3 is 0 Å². The van der Waals surface area contributed by atoms with Gasteiger partial charge in [0.1, 0.15) is 5.75 Å². The highest BCUT2D eigenvalue weighted by atomic mass is 35.5. The molecule has 5 nitrogen and oxygen atoms in total. The van der Waals surface area contributed by atoms with E-state index in [1.54, 1.807) is 35.7 Å². The number of methoxy groups -OCH3 is 1. The molecule has 2 saturated heterocycles. The van der Waals surface area contributed by atoms with Crippen molar-refractivity contribution in [3.63, 3.8) is 0 Å². The Kier molecular flexibility index (Phi) is 5.14. The third-order valence-corrected chi connectivity index (χ3v) is 6.19. The third kappa shape index (κ3) is 3.18. The molecule has 0 amide bonds. The van der Waals surface area contributed by atoms with Crippen LogP contribution in [0.25, 0.3) is 0 Å². The van der Waals surface area contributed by atoms with E-state index in [1.807, 2.05) is 0 Å². The maximum absolute atomic E-state index is 12.6. The fourth-order valence-corrected chi connectivity index (χ4v) is 4.64. The molecule has 1 aromatic rings. The van der Waals surface area contributed by atoms with Crippen molar-refractivity contribution < 1.29 is 13.2 Å². The lowest BCUT2D eigenvalue weighted by Gasteiger charge is -2.34. The predicted octanol–water partition coefficient (Wildman–Crippen LogP) is 1.49. The maximum atomic E-state index is 12.6. The number of hydrogen-bond donors (Lipinski definition) is 1. The zero-order valence-electron chi connectivity index (χ0n) is 12.0. The Morgan fingerprint density at radius 1 is 1.24 bits per heavy atom. The van der Waals surface area contributed by atoms with Crippen LogP contribution >= 0.6 is 12.4 Å². The van der Waals surface area contributed by atoms with Gasteiger partial charge in [0, 0.05) is 19.1 Å². The van der Waals surface area contributed by atoms with Crippen molar-refractivity contribution in [3.05, 3.63) is 24.3 Å². The van der Waals surface area contributed by atoms with Crippen LogP contribution in [0.4, 0.5) is 0 Å². The van der Waals surface area contributed by atoms with Crippen LogP contribution in [0, 0.1) is 5.92 Å². The van der Waals surface area contributed by atoms with Gasteiger partial charge in [-0.05, 0) is 49.6 Å². The molecule has 2 aliphatic rings. The maximum Gasteiger partial charge on any atom is 0.243 e. The summed E-state index contributed by atoms with van der Waals surface area (Å²) in [6.45, 7) is 2.24. The second kappa shape index (κ2) is 6.52. The molecule has 2 atom stereocenters. The number of piperidine rings is 1. The van der Waals surface area contributed by atoms with Gasteiger partial charge < -0.3 is 10.1 Å². The Balaban J connectivity index is 0.00000161. The molecule has 2 unspecified atom stereocenters. The lowest BCUT2D eigenvalue weighted by atomic mass is 9.95. The molecule has 1 aromatic carbocycles. The molecule has 2 heterocycles. The highest BCUT2D eigenvalue weighted by Crippen LogP contribution is 2.29. The molecule has 118 valence electrons. The van der Waals surface area contributed by atoms with Crippen LogP contribution in [-0.2, 0) is 10.0 Å². The second-order valence-electron chi connectivity index (χ2n) is 5.44. The van der Waals surface area contributed by atoms with Gasteiger partial charge in [-0.25, -0.2) is 8.42 Å². The van der Waals surface area contributed by atoms with E-state index in [0.29, 0.717) is 35.7 Å². The van der Waals surface area contributed by atoms with Crippen molar-refractivity contribution in [3.8, 4) is 5.75 Å². The molecular weight excluding hydrogens is 312 g/mol. The number of hydrogen-bond acceptors (Lipinski definition) is 4. The minimum atomic E-state index is -3.38. The topological polar surface area (TPSA) is 58.6 Å². The van der Waals surface area contributed by atoms with E-state index in [2.05, 4.69) is 5.32 Å². The molecular formula is C14H21ClN2O3S.